The number of nitro groups is 1. The van der Waals surface area contributed by atoms with Crippen molar-refractivity contribution in [1.82, 2.24) is 32.2 Å². The van der Waals surface area contributed by atoms with E-state index in [9.17, 15) is 112 Å². The molecule has 5 amide bonds. The summed E-state index contributed by atoms with van der Waals surface area (Å²) in [5, 5.41) is 63.9. The molecular formula is C94H99BrCuF7N14O28S. The summed E-state index contributed by atoms with van der Waals surface area (Å²) in [5.41, 5.74) is 11.7. The molecule has 17 rings (SSSR count). The number of furan rings is 2. The van der Waals surface area contributed by atoms with E-state index in [0.29, 0.717) is 64.1 Å². The number of nitriles is 1. The first-order valence-corrected chi connectivity index (χ1v) is 42.0. The first-order chi connectivity index (χ1) is 66.4. The maximum Gasteiger partial charge on any atom is 1.00 e. The number of nitrogens with zero attached hydrogens (tertiary/aromatic N) is 3. The molecular weight excluding hydrogens is 2080 g/mol. The molecule has 0 unspecified atom stereocenters. The van der Waals surface area contributed by atoms with Gasteiger partial charge in [0, 0.05) is 48.3 Å². The zero-order valence-electron chi connectivity index (χ0n) is 74.5. The van der Waals surface area contributed by atoms with Crippen LogP contribution in [0.1, 0.15) is 210 Å². The number of amides is 5. The van der Waals surface area contributed by atoms with E-state index in [4.69, 9.17) is 52.6 Å². The van der Waals surface area contributed by atoms with Crippen molar-refractivity contribution in [3.05, 3.63) is 352 Å². The van der Waals surface area contributed by atoms with Crippen LogP contribution < -0.4 is 102 Å². The van der Waals surface area contributed by atoms with Crippen molar-refractivity contribution in [2.45, 2.75) is 129 Å². The summed E-state index contributed by atoms with van der Waals surface area (Å²) in [6.07, 6.45) is 1.52. The molecule has 5 aliphatic rings. The Morgan fingerprint density at radius 2 is 0.932 bits per heavy atom. The number of aryl methyl sites for hydroxylation is 2. The molecule has 0 saturated heterocycles. The van der Waals surface area contributed by atoms with E-state index in [-0.39, 0.29) is 182 Å². The van der Waals surface area contributed by atoms with Gasteiger partial charge in [0.15, 0.2) is 11.5 Å². The molecule has 2 atom stereocenters. The third kappa shape index (κ3) is 31.5. The smallest absolute Gasteiger partial charge is 0.512 e. The minimum Gasteiger partial charge on any atom is -0.512 e. The normalized spacial score (nSPS) is 11.9. The second kappa shape index (κ2) is 58.5. The quantitative estimate of drug-likeness (QED) is 0.00411. The van der Waals surface area contributed by atoms with Gasteiger partial charge in [-0.1, -0.05) is 96.3 Å². The van der Waals surface area contributed by atoms with Crippen LogP contribution in [0.5, 0.6) is 11.5 Å². The standard InChI is InChI=1S/C20H18FN3O4.C13H9FN2O4.C9H6FNO2.C8H6BrFO2.C8H5FN2O3.C8H7FN2O.C8H6FNO.C8H13NO.C6H6O3.CN.5CH4.Cu.H3NO7S/c1-3-12(13-7-4-9(2)28-13)23-16-17(19(26)18(16)25)24-15-11(21)6-5-10-8-22-20(27)14(10)15;1-20-12-9(10(17)11(12)18)16-8-6(14)3-2-5-4-15-13(19)7(5)8;1-13-9(12)8-4-7(10)3-2-6(8)5-11;1-12-8(11)6-4-5(10)2-3-7(6)9;9-5-2-1-4-3-10-8(12)6(4)7(5)11(13)14;9-5-2-1-4-3-11-8(12)6(4)7(5)10;9-6-2-1-5-4-10-8(11)7(5)3-6;1-3-7(9)8-5-4-6(2)10-8;1-3-4(7)5(8)6(3)9-2;1-2;;;;;;;2-1-6-9(4,5)8-7-3/h4-7,12,23-24H,3,8H2,1-2H3,(H,22,27);2-3,16H,4H2,1H3,(H,15,19);2-4H,1H3;2-4H,1H3;1-2H,3H2,(H,10,12);1-2H,3,10H2,(H,11,12);1-3H,4H2,(H,10,11);4-5,7H,3,9H2,1-2H3;1-2H3;;5*1H4;;1-3H/q;;;;;;;;;-1;;;;;;+1;/t12-;;;;;;;7-;;;;;;;;;/m1......1........./s1. The number of nitrogens with two attached hydrogens (primary N) is 2. The van der Waals surface area contributed by atoms with Gasteiger partial charge in [-0.15, -0.1) is 4.28 Å². The monoisotopic (exact) mass is 2180 g/mol. The topological polar surface area (TPSA) is 638 Å². The van der Waals surface area contributed by atoms with Crippen molar-refractivity contribution in [2.75, 3.05) is 50.1 Å². The predicted molar refractivity (Wildman–Crippen MR) is 514 cm³/mol. The van der Waals surface area contributed by atoms with Crippen molar-refractivity contribution >= 4 is 108 Å². The predicted octanol–water partition coefficient (Wildman–Crippen LogP) is 13.3. The summed E-state index contributed by atoms with van der Waals surface area (Å²) in [6, 6.07) is 31.0. The maximum absolute atomic E-state index is 14.4. The molecule has 0 bridgehead atoms. The number of benzene rings is 7. The fourth-order valence-electron chi connectivity index (χ4n) is 12.9. The zero-order chi connectivity index (χ0) is 104. The number of carbonyl (C=O) groups is 7. The number of nitrogens with one attached hydrogen (secondary N) is 9. The minimum atomic E-state index is -4.52. The van der Waals surface area contributed by atoms with E-state index >= 15 is 0 Å². The molecule has 146 heavy (non-hydrogen) atoms. The van der Waals surface area contributed by atoms with E-state index in [0.717, 1.165) is 64.7 Å². The third-order valence-corrected chi connectivity index (χ3v) is 21.0. The Morgan fingerprint density at radius 3 is 1.38 bits per heavy atom. The summed E-state index contributed by atoms with van der Waals surface area (Å²) in [7, 11) is 0.524. The number of halogens is 8. The molecule has 0 radical (unpaired) electrons. The van der Waals surface area contributed by atoms with Gasteiger partial charge in [-0.05, 0) is 174 Å². The van der Waals surface area contributed by atoms with E-state index in [2.05, 4.69) is 86.3 Å². The second-order valence-electron chi connectivity index (χ2n) is 28.5. The first-order valence-electron chi connectivity index (χ1n) is 39.8. The number of esters is 2. The SMILES string of the molecule is C.C.C.C.C.CC[C@@H](N)c1ccc(C)o1.CC[C@@H](Nc1c(Nc2c(F)ccc3c2C(=O)NC3)c(=O)c1=O)c1ccc(C)o1.COC(=O)c1cc(F)ccc1Br.COC(=O)c1cc(F)ccc1C#N.COc1c(C)c(=O)c1=O.COc1c(Nc2c(F)ccc3c2C(=O)NC3)c(=O)c1=O.Nc1c(F)ccc2c1C(=O)NC2.O=C1NCc2ccc(F)c([N+](=O)[O-])c21.O=C1NCc2ccc(F)cc21.O=S(=O)(ONO)OOO.[C-]#N.[Cu+]. The molecule has 5 aliphatic heterocycles. The van der Waals surface area contributed by atoms with Crippen LogP contribution in [-0.4, -0.2) is 93.7 Å². The van der Waals surface area contributed by atoms with Crippen molar-refractivity contribution < 1.29 is 147 Å². The van der Waals surface area contributed by atoms with Gasteiger partial charge >= 0.3 is 45.1 Å². The number of carbonyl (C=O) groups excluding carboxylic acids is 7. The van der Waals surface area contributed by atoms with Crippen LogP contribution in [0.25, 0.3) is 0 Å². The van der Waals surface area contributed by atoms with Gasteiger partial charge in [0.05, 0.1) is 95.9 Å². The molecule has 786 valence electrons. The van der Waals surface area contributed by atoms with E-state index in [1.807, 2.05) is 45.9 Å². The molecule has 2 aromatic heterocycles. The van der Waals surface area contributed by atoms with Crippen LogP contribution in [0, 0.1) is 94.8 Å². The number of anilines is 6. The van der Waals surface area contributed by atoms with Crippen molar-refractivity contribution in [1.29, 1.82) is 10.5 Å². The fourth-order valence-corrected chi connectivity index (χ4v) is 13.5. The van der Waals surface area contributed by atoms with Gasteiger partial charge < -0.3 is 93.6 Å². The van der Waals surface area contributed by atoms with Crippen LogP contribution in [0.3, 0.4) is 0 Å². The molecule has 42 nitrogen and oxygen atoms in total. The Hall–Kier alpha value is -16.0. The van der Waals surface area contributed by atoms with Gasteiger partial charge in [-0.25, -0.2) is 41.2 Å². The molecule has 0 fully saturated rings. The number of methoxy groups -OCH3 is 4. The average molecular weight is 2180 g/mol. The Balaban J connectivity index is 0.000000824. The minimum absolute atomic E-state index is 0. The van der Waals surface area contributed by atoms with Crippen LogP contribution in [0.2, 0.25) is 0 Å². The number of rotatable bonds is 19. The summed E-state index contributed by atoms with van der Waals surface area (Å²) >= 11 is 3.10. The summed E-state index contributed by atoms with van der Waals surface area (Å²) in [4.78, 5) is 156. The largest absolute Gasteiger partial charge is 1.00 e. The molecule has 0 saturated carbocycles. The van der Waals surface area contributed by atoms with Crippen molar-refractivity contribution in [3.63, 3.8) is 0 Å². The number of hydrogen-bond donors (Lipinski definition) is 13. The molecule has 7 heterocycles. The van der Waals surface area contributed by atoms with Crippen LogP contribution in [0.4, 0.5) is 70.5 Å². The second-order valence-corrected chi connectivity index (χ2v) is 30.5. The molecule has 12 aromatic rings. The van der Waals surface area contributed by atoms with Gasteiger partial charge in [-0.3, -0.25) is 68.1 Å². The summed E-state index contributed by atoms with van der Waals surface area (Å²) < 4.78 is 148. The number of ether oxygens (including phenoxy) is 4. The van der Waals surface area contributed by atoms with Gasteiger partial charge in [-0.2, -0.15) is 18.1 Å². The molecule has 0 spiro atoms. The first kappa shape index (κ1) is 128. The summed E-state index contributed by atoms with van der Waals surface area (Å²) in [6.45, 7) is 15.8. The van der Waals surface area contributed by atoms with Crippen LogP contribution in [-0.2, 0) is 83.3 Å². The van der Waals surface area contributed by atoms with Gasteiger partial charge in [0.1, 0.15) is 86.6 Å². The Morgan fingerprint density at radius 1 is 0.527 bits per heavy atom. The summed E-state index contributed by atoms with van der Waals surface area (Å²) in [5.74, 6) is -4.23. The number of nitro benzene ring substituents is 1. The molecule has 52 heteroatoms. The Kier molecular flexibility index (Phi) is 51.3. The number of hydrogen-bond acceptors (Lipinski definition) is 36. The average Bonchev–Trinajstić information content (AvgIpc) is 1.36. The van der Waals surface area contributed by atoms with Crippen molar-refractivity contribution in [3.8, 4) is 17.6 Å². The molecule has 15 N–H and O–H groups in total. The zero-order valence-corrected chi connectivity index (χ0v) is 77.8. The van der Waals surface area contributed by atoms with Crippen LogP contribution >= 0.6 is 15.9 Å². The van der Waals surface area contributed by atoms with Gasteiger partial charge in [0.25, 0.3) is 56.7 Å². The van der Waals surface area contributed by atoms with E-state index < -0.39 is 118 Å². The fraction of sp³-hybridized carbons (Fsp3) is 0.245. The van der Waals surface area contributed by atoms with Gasteiger partial charge in [0.2, 0.25) is 11.2 Å². The Bertz CT molecular complexity index is 7130. The van der Waals surface area contributed by atoms with E-state index in [1.165, 1.54) is 95.2 Å². The third-order valence-electron chi connectivity index (χ3n) is 19.9. The van der Waals surface area contributed by atoms with Crippen LogP contribution in [0.15, 0.2) is 169 Å². The number of nitrogen functional groups attached to an aromatic ring is 1. The maximum atomic E-state index is 14.4. The number of fused-ring (bicyclic) bond motifs is 5. The molecule has 0 aliphatic carbocycles. The van der Waals surface area contributed by atoms with Crippen molar-refractivity contribution in [2.24, 2.45) is 5.73 Å². The Labute approximate surface area is 846 Å². The van der Waals surface area contributed by atoms with E-state index in [1.54, 1.807) is 31.2 Å². The molecule has 10 aromatic carbocycles.